The van der Waals surface area contributed by atoms with Gasteiger partial charge in [-0.05, 0) is 22.8 Å². The monoisotopic (exact) mass is 272 g/mol. The lowest BCUT2D eigenvalue weighted by molar-refractivity contribution is -0.129. The summed E-state index contributed by atoms with van der Waals surface area (Å²) in [5.41, 5.74) is 0.493. The maximum Gasteiger partial charge on any atom is 0.346 e. The molecule has 0 bridgehead atoms. The molecular weight excluding hydrogens is 256 g/mol. The average Bonchev–Trinajstić information content (AvgIpc) is 2.43. The third-order valence-electron chi connectivity index (χ3n) is 2.92. The zero-order valence-electron chi connectivity index (χ0n) is 11.1. The minimum Gasteiger partial charge on any atom is -0.383 e. The van der Waals surface area contributed by atoms with E-state index in [1.165, 1.54) is 0 Å². The topological polar surface area (TPSA) is 26.3 Å². The molecule has 0 fully saturated rings. The number of fused-ring (bicyclic) bond motifs is 1. The molecule has 0 aliphatic heterocycles. The maximum atomic E-state index is 11.8. The van der Waals surface area contributed by atoms with E-state index in [2.05, 4.69) is 6.58 Å². The second-order valence-electron chi connectivity index (χ2n) is 4.61. The molecular formula is C16H16O2S. The number of benzene rings is 2. The van der Waals surface area contributed by atoms with E-state index < -0.39 is 0 Å². The first-order valence-corrected chi connectivity index (χ1v) is 6.89. The summed E-state index contributed by atoms with van der Waals surface area (Å²) >= 11 is 1.09. The predicted octanol–water partition coefficient (Wildman–Crippen LogP) is 4.60. The van der Waals surface area contributed by atoms with Crippen molar-refractivity contribution in [2.75, 3.05) is 0 Å². The van der Waals surface area contributed by atoms with Gasteiger partial charge in [0.05, 0.1) is 16.9 Å². The molecule has 0 amide bonds. The Hall–Kier alpha value is -1.74. The standard InChI is InChI=1S/C16H16O2S/c1-11(2)12(3)16(17)18-19-15-10-6-8-13-7-4-5-9-14(13)15/h4-11H,3H2,1-2H3. The van der Waals surface area contributed by atoms with Crippen LogP contribution in [0.3, 0.4) is 0 Å². The van der Waals surface area contributed by atoms with Crippen molar-refractivity contribution in [3.63, 3.8) is 0 Å². The molecule has 0 spiro atoms. The van der Waals surface area contributed by atoms with Crippen molar-refractivity contribution < 1.29 is 8.98 Å². The van der Waals surface area contributed by atoms with Crippen LogP contribution in [0.25, 0.3) is 10.8 Å². The van der Waals surface area contributed by atoms with Crippen molar-refractivity contribution >= 4 is 28.8 Å². The fourth-order valence-corrected chi connectivity index (χ4v) is 2.32. The van der Waals surface area contributed by atoms with Crippen molar-refractivity contribution in [3.8, 4) is 0 Å². The van der Waals surface area contributed by atoms with Gasteiger partial charge in [-0.3, -0.25) is 0 Å². The Morgan fingerprint density at radius 3 is 2.58 bits per heavy atom. The van der Waals surface area contributed by atoms with Gasteiger partial charge < -0.3 is 4.18 Å². The van der Waals surface area contributed by atoms with E-state index in [4.69, 9.17) is 4.18 Å². The number of carbonyl (C=O) groups excluding carboxylic acids is 1. The lowest BCUT2D eigenvalue weighted by Gasteiger charge is -2.09. The lowest BCUT2D eigenvalue weighted by Crippen LogP contribution is -2.07. The molecule has 0 saturated carbocycles. The van der Waals surface area contributed by atoms with Gasteiger partial charge in [0.2, 0.25) is 0 Å². The fourth-order valence-electron chi connectivity index (χ4n) is 1.64. The average molecular weight is 272 g/mol. The van der Waals surface area contributed by atoms with Gasteiger partial charge in [-0.15, -0.1) is 0 Å². The van der Waals surface area contributed by atoms with Crippen molar-refractivity contribution in [2.24, 2.45) is 5.92 Å². The fraction of sp³-hybridized carbons (Fsp3) is 0.188. The highest BCUT2D eigenvalue weighted by atomic mass is 32.2. The zero-order valence-corrected chi connectivity index (χ0v) is 11.9. The molecule has 0 atom stereocenters. The molecule has 0 N–H and O–H groups in total. The molecule has 3 heteroatoms. The Bertz CT molecular complexity index is 612. The number of rotatable bonds is 4. The van der Waals surface area contributed by atoms with E-state index >= 15 is 0 Å². The third-order valence-corrected chi connectivity index (χ3v) is 3.69. The Morgan fingerprint density at radius 1 is 1.16 bits per heavy atom. The first-order chi connectivity index (χ1) is 9.09. The summed E-state index contributed by atoms with van der Waals surface area (Å²) in [6.45, 7) is 7.59. The van der Waals surface area contributed by atoms with Crippen LogP contribution < -0.4 is 0 Å². The van der Waals surface area contributed by atoms with Crippen molar-refractivity contribution in [2.45, 2.75) is 18.7 Å². The van der Waals surface area contributed by atoms with Crippen LogP contribution >= 0.6 is 12.0 Å². The Balaban J connectivity index is 2.14. The van der Waals surface area contributed by atoms with E-state index in [0.717, 1.165) is 27.7 Å². The summed E-state index contributed by atoms with van der Waals surface area (Å²) in [4.78, 5) is 12.7. The molecule has 98 valence electrons. The molecule has 2 nitrogen and oxygen atoms in total. The van der Waals surface area contributed by atoms with Crippen LogP contribution in [0, 0.1) is 5.92 Å². The molecule has 2 aromatic carbocycles. The number of carbonyl (C=O) groups is 1. The van der Waals surface area contributed by atoms with Gasteiger partial charge in [0, 0.05) is 5.57 Å². The van der Waals surface area contributed by atoms with Crippen molar-refractivity contribution in [3.05, 3.63) is 54.6 Å². The summed E-state index contributed by atoms with van der Waals surface area (Å²) in [5.74, 6) is -0.256. The summed E-state index contributed by atoms with van der Waals surface area (Å²) in [6, 6.07) is 13.9. The minimum absolute atomic E-state index is 0.0978. The second kappa shape index (κ2) is 5.93. The van der Waals surface area contributed by atoms with E-state index in [1.54, 1.807) is 0 Å². The van der Waals surface area contributed by atoms with E-state index in [-0.39, 0.29) is 11.9 Å². The second-order valence-corrected chi connectivity index (χ2v) is 5.38. The van der Waals surface area contributed by atoms with Crippen LogP contribution in [0.5, 0.6) is 0 Å². The maximum absolute atomic E-state index is 11.8. The summed E-state index contributed by atoms with van der Waals surface area (Å²) in [7, 11) is 0. The molecule has 19 heavy (non-hydrogen) atoms. The predicted molar refractivity (Wildman–Crippen MR) is 79.9 cm³/mol. The molecule has 0 aliphatic rings. The lowest BCUT2D eigenvalue weighted by atomic mass is 10.1. The van der Waals surface area contributed by atoms with Crippen LogP contribution in [0.2, 0.25) is 0 Å². The van der Waals surface area contributed by atoms with Gasteiger partial charge in [0.15, 0.2) is 0 Å². The normalized spacial score (nSPS) is 10.7. The van der Waals surface area contributed by atoms with Crippen LogP contribution in [0.1, 0.15) is 13.8 Å². The van der Waals surface area contributed by atoms with Crippen molar-refractivity contribution in [1.29, 1.82) is 0 Å². The summed E-state index contributed by atoms with van der Waals surface area (Å²) in [6.07, 6.45) is 0. The van der Waals surface area contributed by atoms with Gasteiger partial charge in [0.25, 0.3) is 0 Å². The van der Waals surface area contributed by atoms with Crippen LogP contribution in [-0.4, -0.2) is 5.97 Å². The molecule has 0 radical (unpaired) electrons. The highest BCUT2D eigenvalue weighted by molar-refractivity contribution is 7.95. The van der Waals surface area contributed by atoms with E-state index in [9.17, 15) is 4.79 Å². The molecule has 2 rings (SSSR count). The number of hydrogen-bond donors (Lipinski definition) is 0. The minimum atomic E-state index is -0.354. The highest BCUT2D eigenvalue weighted by Crippen LogP contribution is 2.29. The first kappa shape index (κ1) is 13.7. The van der Waals surface area contributed by atoms with Gasteiger partial charge in [-0.2, -0.15) is 0 Å². The van der Waals surface area contributed by atoms with Gasteiger partial charge >= 0.3 is 5.97 Å². The molecule has 0 saturated heterocycles. The smallest absolute Gasteiger partial charge is 0.346 e. The highest BCUT2D eigenvalue weighted by Gasteiger charge is 2.13. The van der Waals surface area contributed by atoms with Crippen LogP contribution in [0.15, 0.2) is 59.5 Å². The first-order valence-electron chi connectivity index (χ1n) is 6.15. The molecule has 0 aromatic heterocycles. The van der Waals surface area contributed by atoms with Crippen LogP contribution in [-0.2, 0) is 8.98 Å². The molecule has 0 heterocycles. The Morgan fingerprint density at radius 2 is 1.84 bits per heavy atom. The van der Waals surface area contributed by atoms with Gasteiger partial charge in [-0.25, -0.2) is 4.79 Å². The van der Waals surface area contributed by atoms with Gasteiger partial charge in [-0.1, -0.05) is 56.8 Å². The quantitative estimate of drug-likeness (QED) is 0.601. The van der Waals surface area contributed by atoms with Crippen molar-refractivity contribution in [1.82, 2.24) is 0 Å². The zero-order chi connectivity index (χ0) is 13.8. The van der Waals surface area contributed by atoms with E-state index in [0.29, 0.717) is 5.57 Å². The third kappa shape index (κ3) is 3.18. The van der Waals surface area contributed by atoms with Gasteiger partial charge in [0.1, 0.15) is 0 Å². The SMILES string of the molecule is C=C(C(=O)OSc1cccc2ccccc12)C(C)C. The largest absolute Gasteiger partial charge is 0.383 e. The van der Waals surface area contributed by atoms with E-state index in [1.807, 2.05) is 56.3 Å². The Labute approximate surface area is 117 Å². The summed E-state index contributed by atoms with van der Waals surface area (Å²) < 4.78 is 5.24. The Kier molecular flexibility index (Phi) is 4.27. The van der Waals surface area contributed by atoms with Crippen LogP contribution in [0.4, 0.5) is 0 Å². The molecule has 0 unspecified atom stereocenters. The molecule has 2 aromatic rings. The number of hydrogen-bond acceptors (Lipinski definition) is 3. The molecule has 0 aliphatic carbocycles. The summed E-state index contributed by atoms with van der Waals surface area (Å²) in [5, 5.41) is 2.21.